The Balaban J connectivity index is 1.42. The molecule has 1 aromatic carbocycles. The molecule has 224 valence electrons. The number of aliphatic hydroxyl groups excluding tert-OH is 2. The van der Waals surface area contributed by atoms with Gasteiger partial charge in [0.15, 0.2) is 9.84 Å². The van der Waals surface area contributed by atoms with Gasteiger partial charge in [-0.1, -0.05) is 50.1 Å². The lowest BCUT2D eigenvalue weighted by Crippen LogP contribution is -2.57. The summed E-state index contributed by atoms with van der Waals surface area (Å²) in [5.74, 6) is 2.20. The molecule has 4 aliphatic carbocycles. The van der Waals surface area contributed by atoms with Gasteiger partial charge in [-0.3, -0.25) is 0 Å². The molecule has 1 aromatic rings. The van der Waals surface area contributed by atoms with Crippen LogP contribution in [-0.2, 0) is 9.84 Å². The van der Waals surface area contributed by atoms with Crippen molar-refractivity contribution in [1.82, 2.24) is 0 Å². The van der Waals surface area contributed by atoms with Gasteiger partial charge < -0.3 is 10.2 Å². The Morgan fingerprint density at radius 2 is 1.75 bits per heavy atom. The molecule has 1 unspecified atom stereocenters. The van der Waals surface area contributed by atoms with E-state index in [2.05, 4.69) is 26.8 Å². The van der Waals surface area contributed by atoms with Crippen molar-refractivity contribution in [1.29, 1.82) is 0 Å². The van der Waals surface area contributed by atoms with Crippen molar-refractivity contribution in [2.45, 2.75) is 127 Å². The van der Waals surface area contributed by atoms with Gasteiger partial charge in [-0.25, -0.2) is 12.8 Å². The maximum atomic E-state index is 14.3. The standard InChI is InChI=1S/C34H51FO4S/c1-21-7-11-25(12-8-21)40(38,39)31-20-24(36)19-23-10-13-26-28-15-14-27(22(2)9-16-30(37)32(3,4)35)33(28,5)18-17-29(26)34(23,31)6/h7-8,10-12,22,24,26-31,36-37H,9,13-20H2,1-6H3/t22-,24-,26+,27-,28+,29+,30?,31+,33-,34+/m1/s1. The van der Waals surface area contributed by atoms with Gasteiger partial charge in [0, 0.05) is 5.41 Å². The lowest BCUT2D eigenvalue weighted by atomic mass is 9.46. The Hall–Kier alpha value is -1.24. The van der Waals surface area contributed by atoms with Crippen LogP contribution in [0, 0.1) is 47.3 Å². The molecular weight excluding hydrogens is 523 g/mol. The average Bonchev–Trinajstić information content (AvgIpc) is 3.24. The molecule has 0 spiro atoms. The first-order valence-electron chi connectivity index (χ1n) is 15.6. The molecule has 6 heteroatoms. The highest BCUT2D eigenvalue weighted by Crippen LogP contribution is 2.68. The van der Waals surface area contributed by atoms with Crippen LogP contribution >= 0.6 is 0 Å². The smallest absolute Gasteiger partial charge is 0.182 e. The van der Waals surface area contributed by atoms with E-state index in [4.69, 9.17) is 0 Å². The van der Waals surface area contributed by atoms with E-state index in [9.17, 15) is 23.0 Å². The first kappa shape index (κ1) is 30.2. The molecule has 0 radical (unpaired) electrons. The number of aliphatic hydroxyl groups is 2. The molecule has 0 heterocycles. The quantitative estimate of drug-likeness (QED) is 0.338. The molecule has 10 atom stereocenters. The Labute approximate surface area is 241 Å². The molecule has 0 bridgehead atoms. The van der Waals surface area contributed by atoms with E-state index in [-0.39, 0.29) is 11.3 Å². The zero-order valence-corrected chi connectivity index (χ0v) is 26.2. The summed E-state index contributed by atoms with van der Waals surface area (Å²) in [5.41, 5.74) is 0.310. The van der Waals surface area contributed by atoms with Crippen LogP contribution in [0.2, 0.25) is 0 Å². The van der Waals surface area contributed by atoms with Gasteiger partial charge in [-0.15, -0.1) is 0 Å². The van der Waals surface area contributed by atoms with Crippen molar-refractivity contribution in [3.8, 4) is 0 Å². The predicted octanol–water partition coefficient (Wildman–Crippen LogP) is 7.21. The Bertz CT molecular complexity index is 1220. The van der Waals surface area contributed by atoms with Crippen LogP contribution < -0.4 is 0 Å². The molecule has 3 saturated carbocycles. The first-order chi connectivity index (χ1) is 18.6. The molecule has 5 rings (SSSR count). The second-order valence-corrected chi connectivity index (χ2v) is 17.1. The van der Waals surface area contributed by atoms with Crippen LogP contribution in [0.1, 0.15) is 98.0 Å². The van der Waals surface area contributed by atoms with Gasteiger partial charge in [-0.05, 0) is 126 Å². The summed E-state index contributed by atoms with van der Waals surface area (Å²) in [6.07, 6.45) is 8.28. The normalized spacial score (nSPS) is 39.5. The number of hydrogen-bond donors (Lipinski definition) is 2. The van der Waals surface area contributed by atoms with Crippen LogP contribution in [-0.4, -0.2) is 41.8 Å². The van der Waals surface area contributed by atoms with Crippen molar-refractivity contribution >= 4 is 9.84 Å². The van der Waals surface area contributed by atoms with E-state index in [1.165, 1.54) is 13.8 Å². The van der Waals surface area contributed by atoms with Crippen molar-refractivity contribution in [3.63, 3.8) is 0 Å². The van der Waals surface area contributed by atoms with E-state index in [1.807, 2.05) is 19.1 Å². The van der Waals surface area contributed by atoms with Crippen molar-refractivity contribution in [2.75, 3.05) is 0 Å². The first-order valence-corrected chi connectivity index (χ1v) is 17.2. The SMILES string of the molecule is Cc1ccc(S(=O)(=O)[C@H]2C[C@H](O)CC3=CC[C@H]4[C@@H]5CC[C@H]([C@H](C)CCC(O)C(C)(C)F)[C@@]5(C)CC[C@@H]4[C@]32C)cc1. The molecule has 3 fully saturated rings. The fraction of sp³-hybridized carbons (Fsp3) is 0.765. The third-order valence-electron chi connectivity index (χ3n) is 12.3. The Morgan fingerprint density at radius 1 is 1.07 bits per heavy atom. The number of halogens is 1. The van der Waals surface area contributed by atoms with Gasteiger partial charge in [0.2, 0.25) is 0 Å². The zero-order chi connectivity index (χ0) is 29.3. The van der Waals surface area contributed by atoms with Crippen LogP contribution in [0.4, 0.5) is 4.39 Å². The van der Waals surface area contributed by atoms with Crippen molar-refractivity contribution in [2.24, 2.45) is 40.4 Å². The molecule has 2 N–H and O–H groups in total. The van der Waals surface area contributed by atoms with Crippen LogP contribution in [0.3, 0.4) is 0 Å². The number of rotatable bonds is 7. The lowest BCUT2D eigenvalue weighted by molar-refractivity contribution is -0.0575. The van der Waals surface area contributed by atoms with Gasteiger partial charge >= 0.3 is 0 Å². The Kier molecular flexibility index (Phi) is 7.92. The number of benzene rings is 1. The predicted molar refractivity (Wildman–Crippen MR) is 158 cm³/mol. The molecule has 40 heavy (non-hydrogen) atoms. The topological polar surface area (TPSA) is 74.6 Å². The summed E-state index contributed by atoms with van der Waals surface area (Å²) < 4.78 is 42.7. The molecule has 0 aliphatic heterocycles. The van der Waals surface area contributed by atoms with Gasteiger partial charge in [-0.2, -0.15) is 0 Å². The van der Waals surface area contributed by atoms with Crippen LogP contribution in [0.5, 0.6) is 0 Å². The molecular formula is C34H51FO4S. The summed E-state index contributed by atoms with van der Waals surface area (Å²) in [5, 5.41) is 20.6. The third-order valence-corrected chi connectivity index (χ3v) is 14.7. The average molecular weight is 575 g/mol. The number of aryl methyl sites for hydroxylation is 1. The number of fused-ring (bicyclic) bond motifs is 5. The van der Waals surface area contributed by atoms with E-state index < -0.39 is 38.4 Å². The minimum Gasteiger partial charge on any atom is -0.393 e. The van der Waals surface area contributed by atoms with Crippen molar-refractivity contribution in [3.05, 3.63) is 41.5 Å². The molecule has 0 amide bonds. The molecule has 4 nitrogen and oxygen atoms in total. The zero-order valence-electron chi connectivity index (χ0n) is 25.4. The summed E-state index contributed by atoms with van der Waals surface area (Å²) in [6, 6.07) is 7.21. The summed E-state index contributed by atoms with van der Waals surface area (Å²) in [4.78, 5) is 0.369. The van der Waals surface area contributed by atoms with E-state index in [0.717, 1.165) is 49.7 Å². The highest BCUT2D eigenvalue weighted by Gasteiger charge is 2.63. The number of hydrogen-bond acceptors (Lipinski definition) is 4. The third kappa shape index (κ3) is 4.92. The number of allylic oxidation sites excluding steroid dienone is 1. The van der Waals surface area contributed by atoms with Crippen molar-refractivity contribution < 1.29 is 23.0 Å². The maximum Gasteiger partial charge on any atom is 0.182 e. The Morgan fingerprint density at radius 3 is 2.40 bits per heavy atom. The lowest BCUT2D eigenvalue weighted by Gasteiger charge is -2.60. The molecule has 4 aliphatic rings. The summed E-state index contributed by atoms with van der Waals surface area (Å²) >= 11 is 0. The minimum absolute atomic E-state index is 0.179. The second kappa shape index (κ2) is 10.5. The van der Waals surface area contributed by atoms with Crippen LogP contribution in [0.25, 0.3) is 0 Å². The highest BCUT2D eigenvalue weighted by molar-refractivity contribution is 7.92. The number of sulfone groups is 1. The molecule has 0 aromatic heterocycles. The minimum atomic E-state index is -3.64. The molecule has 0 saturated heterocycles. The highest BCUT2D eigenvalue weighted by atomic mass is 32.2. The van der Waals surface area contributed by atoms with E-state index in [0.29, 0.717) is 47.8 Å². The summed E-state index contributed by atoms with van der Waals surface area (Å²) in [7, 11) is -3.64. The number of alkyl halides is 1. The van der Waals surface area contributed by atoms with Crippen LogP contribution in [0.15, 0.2) is 40.8 Å². The van der Waals surface area contributed by atoms with Gasteiger partial charge in [0.05, 0.1) is 22.4 Å². The van der Waals surface area contributed by atoms with Gasteiger partial charge in [0.25, 0.3) is 0 Å². The van der Waals surface area contributed by atoms with Gasteiger partial charge in [0.1, 0.15) is 5.67 Å². The summed E-state index contributed by atoms with van der Waals surface area (Å²) in [6.45, 7) is 11.8. The fourth-order valence-electron chi connectivity index (χ4n) is 9.96. The monoisotopic (exact) mass is 574 g/mol. The largest absolute Gasteiger partial charge is 0.393 e. The maximum absolute atomic E-state index is 14.3. The second-order valence-electron chi connectivity index (χ2n) is 14.9. The van der Waals surface area contributed by atoms with E-state index >= 15 is 0 Å². The fourth-order valence-corrected chi connectivity index (χ4v) is 12.2. The van der Waals surface area contributed by atoms with E-state index in [1.54, 1.807) is 12.1 Å².